The standard InChI is InChI=1S/C14H14N2O2/c1-15(2)12-9-7-11(8-10-12)13-5-3-4-6-14(13)16(17)18/h3-10H,1-2H3. The molecule has 0 bridgehead atoms. The number of nitro groups is 1. The highest BCUT2D eigenvalue weighted by atomic mass is 16.6. The molecular formula is C14H14N2O2. The van der Waals surface area contributed by atoms with E-state index in [1.165, 1.54) is 6.07 Å². The third kappa shape index (κ3) is 2.32. The summed E-state index contributed by atoms with van der Waals surface area (Å²) < 4.78 is 0. The molecule has 0 aliphatic carbocycles. The molecule has 0 amide bonds. The first-order chi connectivity index (χ1) is 8.59. The van der Waals surface area contributed by atoms with E-state index in [1.54, 1.807) is 12.1 Å². The summed E-state index contributed by atoms with van der Waals surface area (Å²) >= 11 is 0. The number of anilines is 1. The van der Waals surface area contributed by atoms with Gasteiger partial charge in [-0.2, -0.15) is 0 Å². The van der Waals surface area contributed by atoms with Crippen LogP contribution in [0.5, 0.6) is 0 Å². The van der Waals surface area contributed by atoms with E-state index in [1.807, 2.05) is 49.3 Å². The molecule has 2 rings (SSSR count). The molecule has 4 nitrogen and oxygen atoms in total. The second kappa shape index (κ2) is 4.87. The summed E-state index contributed by atoms with van der Waals surface area (Å²) in [6.07, 6.45) is 0. The summed E-state index contributed by atoms with van der Waals surface area (Å²) in [7, 11) is 3.92. The molecule has 0 N–H and O–H groups in total. The van der Waals surface area contributed by atoms with E-state index >= 15 is 0 Å². The van der Waals surface area contributed by atoms with Crippen LogP contribution in [0.25, 0.3) is 11.1 Å². The second-order valence-electron chi connectivity index (χ2n) is 4.22. The van der Waals surface area contributed by atoms with Crippen molar-refractivity contribution in [2.75, 3.05) is 19.0 Å². The first-order valence-corrected chi connectivity index (χ1v) is 5.61. The molecule has 18 heavy (non-hydrogen) atoms. The summed E-state index contributed by atoms with van der Waals surface area (Å²) in [5, 5.41) is 11.0. The molecule has 0 spiro atoms. The highest BCUT2D eigenvalue weighted by molar-refractivity contribution is 5.74. The predicted molar refractivity (Wildman–Crippen MR) is 72.9 cm³/mol. The van der Waals surface area contributed by atoms with E-state index in [-0.39, 0.29) is 10.6 Å². The maximum absolute atomic E-state index is 11.0. The molecule has 4 heteroatoms. The van der Waals surface area contributed by atoms with Crippen molar-refractivity contribution in [3.8, 4) is 11.1 Å². The zero-order chi connectivity index (χ0) is 13.1. The Morgan fingerprint density at radius 1 is 1.00 bits per heavy atom. The van der Waals surface area contributed by atoms with Crippen LogP contribution < -0.4 is 4.90 Å². The van der Waals surface area contributed by atoms with Gasteiger partial charge >= 0.3 is 0 Å². The Bertz CT molecular complexity index is 562. The minimum absolute atomic E-state index is 0.134. The molecule has 0 saturated heterocycles. The fraction of sp³-hybridized carbons (Fsp3) is 0.143. The molecule has 0 aliphatic heterocycles. The maximum Gasteiger partial charge on any atom is 0.277 e. The highest BCUT2D eigenvalue weighted by Crippen LogP contribution is 2.30. The van der Waals surface area contributed by atoms with Crippen LogP contribution in [0.3, 0.4) is 0 Å². The van der Waals surface area contributed by atoms with Gasteiger partial charge in [0.15, 0.2) is 0 Å². The maximum atomic E-state index is 11.0. The summed E-state index contributed by atoms with van der Waals surface area (Å²) in [6, 6.07) is 14.5. The zero-order valence-electron chi connectivity index (χ0n) is 10.3. The summed E-state index contributed by atoms with van der Waals surface area (Å²) in [5.41, 5.74) is 2.70. The Morgan fingerprint density at radius 3 is 2.17 bits per heavy atom. The van der Waals surface area contributed by atoms with Crippen molar-refractivity contribution in [2.24, 2.45) is 0 Å². The number of hydrogen-bond acceptors (Lipinski definition) is 3. The molecule has 0 heterocycles. The predicted octanol–water partition coefficient (Wildman–Crippen LogP) is 3.33. The number of benzene rings is 2. The third-order valence-electron chi connectivity index (χ3n) is 2.80. The van der Waals surface area contributed by atoms with Gasteiger partial charge in [0.1, 0.15) is 0 Å². The largest absolute Gasteiger partial charge is 0.378 e. The number of rotatable bonds is 3. The minimum atomic E-state index is -0.352. The Balaban J connectivity index is 2.46. The van der Waals surface area contributed by atoms with Gasteiger partial charge in [-0.25, -0.2) is 0 Å². The topological polar surface area (TPSA) is 46.4 Å². The average Bonchev–Trinajstić information content (AvgIpc) is 2.39. The van der Waals surface area contributed by atoms with E-state index in [9.17, 15) is 10.1 Å². The molecule has 0 radical (unpaired) electrons. The Labute approximate surface area is 106 Å². The van der Waals surface area contributed by atoms with Crippen LogP contribution in [0.15, 0.2) is 48.5 Å². The van der Waals surface area contributed by atoms with Crippen molar-refractivity contribution in [1.29, 1.82) is 0 Å². The first-order valence-electron chi connectivity index (χ1n) is 5.61. The van der Waals surface area contributed by atoms with Gasteiger partial charge in [0.05, 0.1) is 10.5 Å². The van der Waals surface area contributed by atoms with E-state index in [0.29, 0.717) is 5.56 Å². The van der Waals surface area contributed by atoms with Gasteiger partial charge < -0.3 is 4.90 Å². The van der Waals surface area contributed by atoms with Gasteiger partial charge in [-0.3, -0.25) is 10.1 Å². The molecule has 92 valence electrons. The fourth-order valence-corrected chi connectivity index (χ4v) is 1.82. The average molecular weight is 242 g/mol. The normalized spacial score (nSPS) is 10.1. The lowest BCUT2D eigenvalue weighted by molar-refractivity contribution is -0.384. The van der Waals surface area contributed by atoms with Crippen LogP contribution in [-0.2, 0) is 0 Å². The molecule has 2 aromatic rings. The van der Waals surface area contributed by atoms with Gasteiger partial charge in [-0.1, -0.05) is 24.3 Å². The van der Waals surface area contributed by atoms with Crippen LogP contribution in [-0.4, -0.2) is 19.0 Å². The van der Waals surface area contributed by atoms with E-state index < -0.39 is 0 Å². The lowest BCUT2D eigenvalue weighted by Crippen LogP contribution is -2.07. The van der Waals surface area contributed by atoms with Gasteiger partial charge in [0, 0.05) is 25.8 Å². The zero-order valence-corrected chi connectivity index (χ0v) is 10.3. The quantitative estimate of drug-likeness (QED) is 0.612. The van der Waals surface area contributed by atoms with Crippen molar-refractivity contribution in [1.82, 2.24) is 0 Å². The van der Waals surface area contributed by atoms with E-state index in [0.717, 1.165) is 11.3 Å². The Morgan fingerprint density at radius 2 is 1.61 bits per heavy atom. The van der Waals surface area contributed by atoms with Crippen LogP contribution in [0.1, 0.15) is 0 Å². The monoisotopic (exact) mass is 242 g/mol. The Hall–Kier alpha value is -2.36. The number of nitro benzene ring substituents is 1. The molecule has 0 unspecified atom stereocenters. The molecule has 0 saturated carbocycles. The molecule has 2 aromatic carbocycles. The number of hydrogen-bond donors (Lipinski definition) is 0. The van der Waals surface area contributed by atoms with Crippen LogP contribution in [0.2, 0.25) is 0 Å². The van der Waals surface area contributed by atoms with Crippen molar-refractivity contribution in [3.63, 3.8) is 0 Å². The number of nitrogens with zero attached hydrogens (tertiary/aromatic N) is 2. The van der Waals surface area contributed by atoms with E-state index in [2.05, 4.69) is 0 Å². The smallest absolute Gasteiger partial charge is 0.277 e. The van der Waals surface area contributed by atoms with Crippen LogP contribution in [0, 0.1) is 10.1 Å². The first kappa shape index (κ1) is 12.1. The lowest BCUT2D eigenvalue weighted by Gasteiger charge is -2.12. The van der Waals surface area contributed by atoms with Crippen molar-refractivity contribution >= 4 is 11.4 Å². The Kier molecular flexibility index (Phi) is 3.28. The molecule has 0 aromatic heterocycles. The van der Waals surface area contributed by atoms with Gasteiger partial charge in [-0.05, 0) is 23.8 Å². The fourth-order valence-electron chi connectivity index (χ4n) is 1.82. The SMILES string of the molecule is CN(C)c1ccc(-c2ccccc2[N+](=O)[O-])cc1. The van der Waals surface area contributed by atoms with Gasteiger partial charge in [-0.15, -0.1) is 0 Å². The van der Waals surface area contributed by atoms with Gasteiger partial charge in [0.25, 0.3) is 5.69 Å². The summed E-state index contributed by atoms with van der Waals surface area (Å²) in [6.45, 7) is 0. The molecule has 0 fully saturated rings. The van der Waals surface area contributed by atoms with Crippen molar-refractivity contribution in [3.05, 3.63) is 58.6 Å². The summed E-state index contributed by atoms with van der Waals surface area (Å²) in [4.78, 5) is 12.6. The summed E-state index contributed by atoms with van der Waals surface area (Å²) in [5.74, 6) is 0. The van der Waals surface area contributed by atoms with Crippen LogP contribution >= 0.6 is 0 Å². The third-order valence-corrected chi connectivity index (χ3v) is 2.80. The lowest BCUT2D eigenvalue weighted by atomic mass is 10.0. The van der Waals surface area contributed by atoms with E-state index in [4.69, 9.17) is 0 Å². The highest BCUT2D eigenvalue weighted by Gasteiger charge is 2.13. The molecule has 0 aliphatic rings. The molecular weight excluding hydrogens is 228 g/mol. The van der Waals surface area contributed by atoms with Crippen LogP contribution in [0.4, 0.5) is 11.4 Å². The van der Waals surface area contributed by atoms with Crippen molar-refractivity contribution < 1.29 is 4.92 Å². The minimum Gasteiger partial charge on any atom is -0.378 e. The van der Waals surface area contributed by atoms with Gasteiger partial charge in [0.2, 0.25) is 0 Å². The second-order valence-corrected chi connectivity index (χ2v) is 4.22. The number of para-hydroxylation sites is 1. The molecule has 0 atom stereocenters. The van der Waals surface area contributed by atoms with Crippen molar-refractivity contribution in [2.45, 2.75) is 0 Å².